The van der Waals surface area contributed by atoms with Gasteiger partial charge in [-0.15, -0.1) is 0 Å². The fourth-order valence-electron chi connectivity index (χ4n) is 1.61. The number of imidazole rings is 1. The summed E-state index contributed by atoms with van der Waals surface area (Å²) in [5.41, 5.74) is 2.06. The minimum absolute atomic E-state index is 0.0459. The van der Waals surface area contributed by atoms with E-state index in [4.69, 9.17) is 0 Å². The molecule has 1 aromatic carbocycles. The van der Waals surface area contributed by atoms with Crippen LogP contribution in [0.1, 0.15) is 17.7 Å². The maximum atomic E-state index is 11.6. The molecule has 0 bridgehead atoms. The van der Waals surface area contributed by atoms with E-state index in [-0.39, 0.29) is 5.91 Å². The van der Waals surface area contributed by atoms with Gasteiger partial charge in [-0.2, -0.15) is 0 Å². The van der Waals surface area contributed by atoms with Crippen molar-refractivity contribution >= 4 is 21.8 Å². The van der Waals surface area contributed by atoms with Crippen LogP contribution in [0.25, 0.3) is 0 Å². The summed E-state index contributed by atoms with van der Waals surface area (Å²) >= 11 is 3.41. The van der Waals surface area contributed by atoms with Gasteiger partial charge in [0.1, 0.15) is 0 Å². The van der Waals surface area contributed by atoms with Gasteiger partial charge in [0.25, 0.3) is 0 Å². The Kier molecular flexibility index (Phi) is 4.52. The summed E-state index contributed by atoms with van der Waals surface area (Å²) in [6.07, 6.45) is 4.54. The van der Waals surface area contributed by atoms with Crippen LogP contribution in [-0.4, -0.2) is 15.9 Å². The normalized spacial score (nSPS) is 10.3. The monoisotopic (exact) mass is 307 g/mol. The Morgan fingerprint density at radius 1 is 1.44 bits per heavy atom. The summed E-state index contributed by atoms with van der Waals surface area (Å²) in [4.78, 5) is 18.5. The third-order valence-electron chi connectivity index (χ3n) is 2.56. The molecule has 0 aliphatic rings. The van der Waals surface area contributed by atoms with Crippen molar-refractivity contribution < 1.29 is 4.79 Å². The van der Waals surface area contributed by atoms with E-state index in [0.717, 1.165) is 22.2 Å². The Hall–Kier alpha value is -1.62. The zero-order chi connectivity index (χ0) is 12.8. The molecule has 1 heterocycles. The molecule has 0 fully saturated rings. The molecule has 1 amide bonds. The van der Waals surface area contributed by atoms with Crippen LogP contribution < -0.4 is 5.32 Å². The van der Waals surface area contributed by atoms with Gasteiger partial charge < -0.3 is 10.3 Å². The van der Waals surface area contributed by atoms with Gasteiger partial charge in [0.2, 0.25) is 5.91 Å². The van der Waals surface area contributed by atoms with Crippen molar-refractivity contribution in [1.29, 1.82) is 0 Å². The number of halogens is 1. The third-order valence-corrected chi connectivity index (χ3v) is 3.05. The molecule has 0 unspecified atom stereocenters. The van der Waals surface area contributed by atoms with Crippen molar-refractivity contribution in [2.75, 3.05) is 0 Å². The third kappa shape index (κ3) is 4.00. The van der Waals surface area contributed by atoms with Crippen molar-refractivity contribution in [2.24, 2.45) is 0 Å². The van der Waals surface area contributed by atoms with E-state index in [1.54, 1.807) is 12.5 Å². The molecule has 0 radical (unpaired) electrons. The van der Waals surface area contributed by atoms with Crippen molar-refractivity contribution in [3.63, 3.8) is 0 Å². The van der Waals surface area contributed by atoms with Gasteiger partial charge in [0.15, 0.2) is 0 Å². The number of nitrogens with one attached hydrogen (secondary N) is 2. The molecule has 0 saturated heterocycles. The van der Waals surface area contributed by atoms with E-state index < -0.39 is 0 Å². The summed E-state index contributed by atoms with van der Waals surface area (Å²) in [5, 5.41) is 2.85. The Morgan fingerprint density at radius 3 is 3.06 bits per heavy atom. The van der Waals surface area contributed by atoms with E-state index in [1.807, 2.05) is 24.3 Å². The summed E-state index contributed by atoms with van der Waals surface area (Å²) in [7, 11) is 0. The first kappa shape index (κ1) is 12.8. The molecular formula is C13H14BrN3O. The van der Waals surface area contributed by atoms with Crippen LogP contribution in [0.4, 0.5) is 0 Å². The summed E-state index contributed by atoms with van der Waals surface area (Å²) in [6, 6.07) is 8.00. The molecule has 0 spiro atoms. The average molecular weight is 308 g/mol. The van der Waals surface area contributed by atoms with Gasteiger partial charge in [0, 0.05) is 17.1 Å². The van der Waals surface area contributed by atoms with Gasteiger partial charge in [-0.25, -0.2) is 4.98 Å². The molecule has 0 atom stereocenters. The van der Waals surface area contributed by atoms with Crippen LogP contribution in [0.5, 0.6) is 0 Å². The number of amides is 1. The fraction of sp³-hybridized carbons (Fsp3) is 0.231. The molecule has 2 N–H and O–H groups in total. The second-order valence-electron chi connectivity index (χ2n) is 3.98. The number of benzene rings is 1. The van der Waals surface area contributed by atoms with Crippen LogP contribution in [-0.2, 0) is 17.8 Å². The molecule has 4 nitrogen and oxygen atoms in total. The predicted molar refractivity (Wildman–Crippen MR) is 72.9 cm³/mol. The maximum absolute atomic E-state index is 11.6. The highest BCUT2D eigenvalue weighted by Gasteiger charge is 2.03. The maximum Gasteiger partial charge on any atom is 0.220 e. The van der Waals surface area contributed by atoms with E-state index in [9.17, 15) is 4.79 Å². The minimum atomic E-state index is 0.0459. The van der Waals surface area contributed by atoms with Gasteiger partial charge in [0.05, 0.1) is 18.6 Å². The lowest BCUT2D eigenvalue weighted by Gasteiger charge is -2.04. The number of aromatic amines is 1. The molecule has 2 rings (SSSR count). The van der Waals surface area contributed by atoms with Crippen molar-refractivity contribution in [1.82, 2.24) is 15.3 Å². The Labute approximate surface area is 114 Å². The smallest absolute Gasteiger partial charge is 0.220 e. The topological polar surface area (TPSA) is 57.8 Å². The molecule has 0 saturated carbocycles. The SMILES string of the molecule is O=C(CCc1cccc(Br)c1)NCc1cnc[nH]1. The lowest BCUT2D eigenvalue weighted by molar-refractivity contribution is -0.121. The van der Waals surface area contributed by atoms with Crippen LogP contribution >= 0.6 is 15.9 Å². The van der Waals surface area contributed by atoms with Gasteiger partial charge >= 0.3 is 0 Å². The zero-order valence-corrected chi connectivity index (χ0v) is 11.4. The first-order valence-corrected chi connectivity index (χ1v) is 6.52. The molecule has 5 heteroatoms. The number of rotatable bonds is 5. The number of hydrogen-bond acceptors (Lipinski definition) is 2. The number of carbonyl (C=O) groups is 1. The fourth-order valence-corrected chi connectivity index (χ4v) is 2.06. The Bertz CT molecular complexity index is 511. The van der Waals surface area contributed by atoms with E-state index >= 15 is 0 Å². The molecule has 0 aliphatic carbocycles. The Balaban J connectivity index is 1.75. The highest BCUT2D eigenvalue weighted by Crippen LogP contribution is 2.12. The van der Waals surface area contributed by atoms with Crippen LogP contribution in [0.15, 0.2) is 41.3 Å². The van der Waals surface area contributed by atoms with Gasteiger partial charge in [-0.3, -0.25) is 4.79 Å². The first-order chi connectivity index (χ1) is 8.74. The lowest BCUT2D eigenvalue weighted by atomic mass is 10.1. The number of nitrogens with zero attached hydrogens (tertiary/aromatic N) is 1. The Morgan fingerprint density at radius 2 is 2.33 bits per heavy atom. The van der Waals surface area contributed by atoms with E-state index in [2.05, 4.69) is 31.2 Å². The largest absolute Gasteiger partial charge is 0.350 e. The number of H-pyrrole nitrogens is 1. The number of aromatic nitrogens is 2. The van der Waals surface area contributed by atoms with Gasteiger partial charge in [-0.1, -0.05) is 28.1 Å². The summed E-state index contributed by atoms with van der Waals surface area (Å²) < 4.78 is 1.04. The summed E-state index contributed by atoms with van der Waals surface area (Å²) in [5.74, 6) is 0.0459. The quantitative estimate of drug-likeness (QED) is 0.891. The van der Waals surface area contributed by atoms with E-state index in [1.165, 1.54) is 0 Å². The molecule has 18 heavy (non-hydrogen) atoms. The molecule has 2 aromatic rings. The molecule has 1 aromatic heterocycles. The van der Waals surface area contributed by atoms with E-state index in [0.29, 0.717) is 13.0 Å². The van der Waals surface area contributed by atoms with Crippen LogP contribution in [0, 0.1) is 0 Å². The van der Waals surface area contributed by atoms with Gasteiger partial charge in [-0.05, 0) is 24.1 Å². The van der Waals surface area contributed by atoms with Crippen LogP contribution in [0.2, 0.25) is 0 Å². The standard InChI is InChI=1S/C13H14BrN3O/c14-11-3-1-2-10(6-11)4-5-13(18)16-8-12-7-15-9-17-12/h1-3,6-7,9H,4-5,8H2,(H,15,17)(H,16,18). The highest BCUT2D eigenvalue weighted by molar-refractivity contribution is 9.10. The lowest BCUT2D eigenvalue weighted by Crippen LogP contribution is -2.23. The average Bonchev–Trinajstić information content (AvgIpc) is 2.87. The van der Waals surface area contributed by atoms with Crippen molar-refractivity contribution in [3.8, 4) is 0 Å². The number of hydrogen-bond donors (Lipinski definition) is 2. The number of carbonyl (C=O) groups excluding carboxylic acids is 1. The van der Waals surface area contributed by atoms with Crippen molar-refractivity contribution in [3.05, 3.63) is 52.5 Å². The first-order valence-electron chi connectivity index (χ1n) is 5.72. The highest BCUT2D eigenvalue weighted by atomic mass is 79.9. The summed E-state index contributed by atoms with van der Waals surface area (Å²) in [6.45, 7) is 0.497. The molecule has 0 aliphatic heterocycles. The molecule has 94 valence electrons. The number of aryl methyl sites for hydroxylation is 1. The minimum Gasteiger partial charge on any atom is -0.350 e. The zero-order valence-electron chi connectivity index (χ0n) is 9.82. The second-order valence-corrected chi connectivity index (χ2v) is 4.90. The van der Waals surface area contributed by atoms with Crippen molar-refractivity contribution in [2.45, 2.75) is 19.4 Å². The van der Waals surface area contributed by atoms with Crippen LogP contribution in [0.3, 0.4) is 0 Å². The molecular weight excluding hydrogens is 294 g/mol. The predicted octanol–water partition coefficient (Wildman–Crippen LogP) is 2.42. The second kappa shape index (κ2) is 6.35.